The lowest BCUT2D eigenvalue weighted by Gasteiger charge is -2.44. The predicted molar refractivity (Wildman–Crippen MR) is 210 cm³/mol. The molecule has 4 atom stereocenters. The molecule has 2 aliphatic heterocycles. The monoisotopic (exact) mass is 777 g/mol. The van der Waals surface area contributed by atoms with Crippen molar-refractivity contribution in [3.05, 3.63) is 138 Å². The topological polar surface area (TPSA) is 105 Å². The molecule has 4 aromatic carbocycles. The van der Waals surface area contributed by atoms with Crippen molar-refractivity contribution in [3.8, 4) is 0 Å². The number of aryl methyl sites for hydroxylation is 2. The van der Waals surface area contributed by atoms with Crippen LogP contribution in [0.3, 0.4) is 0 Å². The summed E-state index contributed by atoms with van der Waals surface area (Å²) >= 11 is 3.38. The van der Waals surface area contributed by atoms with Crippen molar-refractivity contribution in [3.63, 3.8) is 0 Å². The zero-order valence-electron chi connectivity index (χ0n) is 30.2. The second-order valence-corrected chi connectivity index (χ2v) is 14.7. The average molecular weight is 779 g/mol. The number of fused-ring (bicyclic) bond motifs is 2. The molecule has 4 unspecified atom stereocenters. The molecule has 0 aliphatic carbocycles. The molecule has 2 N–H and O–H groups in total. The SMILES string of the molecule is [CH2]C(CC(Br)C(=O)C(=O)N(C)N1c2ccccc2CNC1CCc1ccccc1)C(=O)C(=O)N(C)N1c2ccccc2CNC1CCc1ccccc1. The number of para-hydroxylation sites is 2. The molecule has 6 rings (SSSR count). The Kier molecular flexibility index (Phi) is 12.4. The molecule has 10 nitrogen and oxygen atoms in total. The molecule has 53 heavy (non-hydrogen) atoms. The first-order valence-corrected chi connectivity index (χ1v) is 18.9. The molecule has 0 saturated carbocycles. The van der Waals surface area contributed by atoms with Crippen molar-refractivity contribution in [2.75, 3.05) is 24.1 Å². The molecule has 0 fully saturated rings. The summed E-state index contributed by atoms with van der Waals surface area (Å²) in [6.07, 6.45) is 2.30. The van der Waals surface area contributed by atoms with E-state index in [0.717, 1.165) is 35.3 Å². The third-order valence-electron chi connectivity index (χ3n) is 10.0. The zero-order chi connectivity index (χ0) is 37.5. The Morgan fingerprint density at radius 3 is 1.51 bits per heavy atom. The van der Waals surface area contributed by atoms with Crippen molar-refractivity contribution in [2.45, 2.75) is 62.4 Å². The highest BCUT2D eigenvalue weighted by Gasteiger charge is 2.38. The van der Waals surface area contributed by atoms with Crippen molar-refractivity contribution in [2.24, 2.45) is 5.92 Å². The number of Topliss-reactive ketones (excluding diaryl/α,β-unsaturated/α-hetero) is 2. The average Bonchev–Trinajstić information content (AvgIpc) is 3.20. The Hall–Kier alpha value is -4.84. The normalized spacial score (nSPS) is 17.6. The van der Waals surface area contributed by atoms with E-state index in [1.165, 1.54) is 21.1 Å². The number of likely N-dealkylation sites (N-methyl/N-ethyl adjacent to an activating group) is 2. The molecule has 275 valence electrons. The molecule has 0 bridgehead atoms. The predicted octanol–water partition coefficient (Wildman–Crippen LogP) is 5.61. The van der Waals surface area contributed by atoms with Crippen LogP contribution >= 0.6 is 15.9 Å². The quantitative estimate of drug-likeness (QED) is 0.126. The summed E-state index contributed by atoms with van der Waals surface area (Å²) in [5.41, 5.74) is 6.04. The molecule has 2 heterocycles. The number of benzene rings is 4. The first kappa shape index (κ1) is 37.9. The maximum atomic E-state index is 13.8. The van der Waals surface area contributed by atoms with Crippen LogP contribution < -0.4 is 20.7 Å². The summed E-state index contributed by atoms with van der Waals surface area (Å²) in [7, 11) is 3.17. The fraction of sp³-hybridized carbons (Fsp3) is 0.310. The van der Waals surface area contributed by atoms with Crippen LogP contribution in [-0.4, -0.2) is 64.7 Å². The summed E-state index contributed by atoms with van der Waals surface area (Å²) < 4.78 is 0. The van der Waals surface area contributed by atoms with Gasteiger partial charge in [-0.05, 0) is 73.4 Å². The Balaban J connectivity index is 1.12. The second-order valence-electron chi connectivity index (χ2n) is 13.6. The van der Waals surface area contributed by atoms with Crippen LogP contribution in [0.1, 0.15) is 41.5 Å². The highest BCUT2D eigenvalue weighted by molar-refractivity contribution is 9.10. The number of carbonyl (C=O) groups excluding carboxylic acids is 4. The number of hydrogen-bond acceptors (Lipinski definition) is 8. The van der Waals surface area contributed by atoms with E-state index in [-0.39, 0.29) is 18.8 Å². The van der Waals surface area contributed by atoms with Gasteiger partial charge in [-0.3, -0.25) is 39.8 Å². The molecule has 0 aromatic heterocycles. The van der Waals surface area contributed by atoms with Crippen molar-refractivity contribution >= 4 is 50.7 Å². The first-order chi connectivity index (χ1) is 25.6. The van der Waals surface area contributed by atoms with Gasteiger partial charge in [-0.2, -0.15) is 0 Å². The molecular formula is C42H46BrN6O4. The zero-order valence-corrected chi connectivity index (χ0v) is 31.7. The molecule has 4 aromatic rings. The van der Waals surface area contributed by atoms with E-state index >= 15 is 0 Å². The number of ketones is 2. The van der Waals surface area contributed by atoms with Gasteiger partial charge in [0, 0.05) is 33.1 Å². The number of anilines is 2. The van der Waals surface area contributed by atoms with Gasteiger partial charge < -0.3 is 0 Å². The van der Waals surface area contributed by atoms with Crippen LogP contribution in [0.4, 0.5) is 11.4 Å². The Bertz CT molecular complexity index is 1770. The highest BCUT2D eigenvalue weighted by Crippen LogP contribution is 2.31. The van der Waals surface area contributed by atoms with Gasteiger partial charge in [0.2, 0.25) is 11.6 Å². The third kappa shape index (κ3) is 8.70. The van der Waals surface area contributed by atoms with Gasteiger partial charge in [0.05, 0.1) is 16.2 Å². The van der Waals surface area contributed by atoms with E-state index in [2.05, 4.69) is 57.8 Å². The molecule has 11 heteroatoms. The lowest BCUT2D eigenvalue weighted by atomic mass is 9.97. The molecule has 2 aliphatic rings. The molecule has 0 saturated heterocycles. The number of halogens is 1. The van der Waals surface area contributed by atoms with Crippen LogP contribution in [0.15, 0.2) is 109 Å². The lowest BCUT2D eigenvalue weighted by Crippen LogP contribution is -2.60. The van der Waals surface area contributed by atoms with Gasteiger partial charge in [-0.15, -0.1) is 0 Å². The van der Waals surface area contributed by atoms with Gasteiger partial charge in [-0.1, -0.05) is 113 Å². The third-order valence-corrected chi connectivity index (χ3v) is 10.8. The summed E-state index contributed by atoms with van der Waals surface area (Å²) in [5.74, 6) is -4.04. The summed E-state index contributed by atoms with van der Waals surface area (Å²) in [6, 6.07) is 35.8. The number of carbonyl (C=O) groups is 4. The van der Waals surface area contributed by atoms with Gasteiger partial charge in [-0.25, -0.2) is 10.0 Å². The van der Waals surface area contributed by atoms with E-state index in [9.17, 15) is 19.2 Å². The Labute approximate surface area is 320 Å². The standard InChI is InChI=1S/C42H46BrN6O4/c1-29(39(50)41(52)46(2)48-35-20-12-10-18-32(35)27-44-37(48)24-22-30-14-6-4-7-15-30)26-34(43)40(51)42(53)47(3)49-36-21-13-11-19-33(36)28-45-38(49)25-23-31-16-8-5-9-17-31/h4-21,29,34,37-38,44-45H,1,22-28H2,2-3H3. The van der Waals surface area contributed by atoms with Gasteiger partial charge >= 0.3 is 11.8 Å². The molecular weight excluding hydrogens is 732 g/mol. The number of nitrogens with one attached hydrogen (secondary N) is 2. The molecule has 1 radical (unpaired) electrons. The number of alkyl halides is 1. The van der Waals surface area contributed by atoms with Crippen molar-refractivity contribution in [1.82, 2.24) is 20.7 Å². The van der Waals surface area contributed by atoms with Crippen LogP contribution in [0.2, 0.25) is 0 Å². The van der Waals surface area contributed by atoms with E-state index in [4.69, 9.17) is 0 Å². The summed E-state index contributed by atoms with van der Waals surface area (Å²) in [4.78, 5) is 53.9. The number of nitrogens with zero attached hydrogens (tertiary/aromatic N) is 4. The smallest absolute Gasteiger partial charge is 0.292 e. The fourth-order valence-corrected chi connectivity index (χ4v) is 7.75. The maximum absolute atomic E-state index is 13.8. The largest absolute Gasteiger partial charge is 0.309 e. The van der Waals surface area contributed by atoms with Crippen LogP contribution in [0, 0.1) is 12.8 Å². The Morgan fingerprint density at radius 2 is 1.06 bits per heavy atom. The van der Waals surface area contributed by atoms with Gasteiger partial charge in [0.1, 0.15) is 12.3 Å². The van der Waals surface area contributed by atoms with E-state index < -0.39 is 34.1 Å². The highest BCUT2D eigenvalue weighted by atomic mass is 79.9. The van der Waals surface area contributed by atoms with Gasteiger partial charge in [0.15, 0.2) is 0 Å². The number of hydrogen-bond donors (Lipinski definition) is 2. The van der Waals surface area contributed by atoms with E-state index in [1.807, 2.05) is 94.9 Å². The number of hydrazine groups is 2. The molecule has 2 amide bonds. The van der Waals surface area contributed by atoms with E-state index in [0.29, 0.717) is 25.9 Å². The van der Waals surface area contributed by atoms with E-state index in [1.54, 1.807) is 14.1 Å². The van der Waals surface area contributed by atoms with Crippen LogP contribution in [-0.2, 0) is 45.1 Å². The number of rotatable bonds is 14. The minimum Gasteiger partial charge on any atom is -0.292 e. The van der Waals surface area contributed by atoms with Gasteiger partial charge in [0.25, 0.3) is 0 Å². The molecule has 0 spiro atoms. The van der Waals surface area contributed by atoms with Crippen LogP contribution in [0.25, 0.3) is 0 Å². The summed E-state index contributed by atoms with van der Waals surface area (Å²) in [6.45, 7) is 5.24. The maximum Gasteiger partial charge on any atom is 0.309 e. The first-order valence-electron chi connectivity index (χ1n) is 18.0. The van der Waals surface area contributed by atoms with Crippen LogP contribution in [0.5, 0.6) is 0 Å². The van der Waals surface area contributed by atoms with Crippen molar-refractivity contribution in [1.29, 1.82) is 0 Å². The minimum absolute atomic E-state index is 0.130. The van der Waals surface area contributed by atoms with Crippen molar-refractivity contribution < 1.29 is 19.2 Å². The summed E-state index contributed by atoms with van der Waals surface area (Å²) in [5, 5.41) is 13.4. The minimum atomic E-state index is -1.08. The lowest BCUT2D eigenvalue weighted by molar-refractivity contribution is -0.146. The fourth-order valence-electron chi connectivity index (χ4n) is 7.11. The Morgan fingerprint density at radius 1 is 0.660 bits per heavy atom. The second kappa shape index (κ2) is 17.3. The number of amides is 2.